The molecule has 126 valence electrons. The first-order valence-corrected chi connectivity index (χ1v) is 8.05. The fourth-order valence-electron chi connectivity index (χ4n) is 3.02. The molecule has 0 bridgehead atoms. The second-order valence-electron chi connectivity index (χ2n) is 6.00. The number of carbonyl (C=O) groups excluding carboxylic acids is 1. The summed E-state index contributed by atoms with van der Waals surface area (Å²) in [6.45, 7) is 2.68. The number of carboxylic acid groups (broad SMARTS) is 1. The van der Waals surface area contributed by atoms with Crippen LogP contribution in [0.15, 0.2) is 30.5 Å². The second-order valence-corrected chi connectivity index (χ2v) is 6.00. The Morgan fingerprint density at radius 3 is 2.83 bits per heavy atom. The van der Waals surface area contributed by atoms with Gasteiger partial charge in [-0.3, -0.25) is 14.5 Å². The molecule has 1 saturated carbocycles. The number of rotatable bonds is 6. The lowest BCUT2D eigenvalue weighted by Crippen LogP contribution is -2.54. The van der Waals surface area contributed by atoms with Crippen LogP contribution < -0.4 is 5.32 Å². The van der Waals surface area contributed by atoms with E-state index in [1.807, 2.05) is 30.0 Å². The van der Waals surface area contributed by atoms with Crippen LogP contribution in [0.3, 0.4) is 0 Å². The maximum atomic E-state index is 12.3. The van der Waals surface area contributed by atoms with Gasteiger partial charge in [0.25, 0.3) is 5.91 Å². The molecular formula is C17H20N4O3. The number of carboxylic acids is 1. The highest BCUT2D eigenvalue weighted by Crippen LogP contribution is 2.25. The van der Waals surface area contributed by atoms with Crippen molar-refractivity contribution in [3.63, 3.8) is 0 Å². The lowest BCUT2D eigenvalue weighted by atomic mass is 9.85. The number of aliphatic carboxylic acids is 1. The molecule has 0 radical (unpaired) electrons. The fourth-order valence-corrected chi connectivity index (χ4v) is 3.02. The van der Waals surface area contributed by atoms with Crippen molar-refractivity contribution in [2.24, 2.45) is 0 Å². The molecule has 2 aromatic heterocycles. The fraction of sp³-hybridized carbons (Fsp3) is 0.412. The molecule has 7 heteroatoms. The van der Waals surface area contributed by atoms with E-state index in [-0.39, 0.29) is 24.5 Å². The number of fused-ring (bicyclic) bond motifs is 1. The molecule has 0 unspecified atom stereocenters. The number of hydrogen-bond acceptors (Lipinski definition) is 5. The van der Waals surface area contributed by atoms with Gasteiger partial charge in [0.05, 0.1) is 6.54 Å². The van der Waals surface area contributed by atoms with Crippen molar-refractivity contribution >= 4 is 22.9 Å². The molecule has 0 aromatic carbocycles. The number of hydrogen-bond donors (Lipinski definition) is 2. The van der Waals surface area contributed by atoms with Crippen LogP contribution in [-0.2, 0) is 4.79 Å². The highest BCUT2D eigenvalue weighted by Gasteiger charge is 2.34. The summed E-state index contributed by atoms with van der Waals surface area (Å²) >= 11 is 0. The van der Waals surface area contributed by atoms with Crippen molar-refractivity contribution in [1.29, 1.82) is 0 Å². The molecule has 2 heterocycles. The van der Waals surface area contributed by atoms with Crippen molar-refractivity contribution in [2.45, 2.75) is 31.8 Å². The first kappa shape index (κ1) is 16.3. The van der Waals surface area contributed by atoms with Gasteiger partial charge in [0, 0.05) is 23.7 Å². The molecule has 1 aliphatic carbocycles. The Morgan fingerprint density at radius 2 is 2.12 bits per heavy atom. The molecule has 0 spiro atoms. The molecule has 1 amide bonds. The van der Waals surface area contributed by atoms with E-state index in [1.54, 1.807) is 12.3 Å². The van der Waals surface area contributed by atoms with Crippen molar-refractivity contribution in [3.05, 3.63) is 36.2 Å². The number of nitrogens with one attached hydrogen (secondary N) is 1. The summed E-state index contributed by atoms with van der Waals surface area (Å²) in [6, 6.07) is 7.52. The van der Waals surface area contributed by atoms with Gasteiger partial charge < -0.3 is 10.4 Å². The molecular weight excluding hydrogens is 308 g/mol. The van der Waals surface area contributed by atoms with Gasteiger partial charge in [-0.1, -0.05) is 6.92 Å². The van der Waals surface area contributed by atoms with Crippen LogP contribution in [-0.4, -0.2) is 57.0 Å². The molecule has 3 rings (SSSR count). The normalized spacial score (nSPS) is 19.9. The van der Waals surface area contributed by atoms with E-state index >= 15 is 0 Å². The lowest BCUT2D eigenvalue weighted by Gasteiger charge is -2.42. The SMILES string of the molecule is CCN(CC(=O)O)C1CC(NC(=O)c2ccc3cccnc3n2)C1. The van der Waals surface area contributed by atoms with Gasteiger partial charge in [-0.25, -0.2) is 9.97 Å². The van der Waals surface area contributed by atoms with Gasteiger partial charge in [-0.2, -0.15) is 0 Å². The number of aromatic nitrogens is 2. The molecule has 2 N–H and O–H groups in total. The van der Waals surface area contributed by atoms with Crippen molar-refractivity contribution in [1.82, 2.24) is 20.2 Å². The Labute approximate surface area is 139 Å². The molecule has 0 aliphatic heterocycles. The number of nitrogens with zero attached hydrogens (tertiary/aromatic N) is 3. The summed E-state index contributed by atoms with van der Waals surface area (Å²) in [5, 5.41) is 12.8. The number of carbonyl (C=O) groups is 2. The van der Waals surface area contributed by atoms with Crippen LogP contribution in [0.2, 0.25) is 0 Å². The van der Waals surface area contributed by atoms with Gasteiger partial charge in [0.2, 0.25) is 0 Å². The van der Waals surface area contributed by atoms with Crippen LogP contribution >= 0.6 is 0 Å². The van der Waals surface area contributed by atoms with Crippen LogP contribution in [0, 0.1) is 0 Å². The summed E-state index contributed by atoms with van der Waals surface area (Å²) in [4.78, 5) is 33.5. The monoisotopic (exact) mass is 328 g/mol. The highest BCUT2D eigenvalue weighted by molar-refractivity contribution is 5.94. The maximum absolute atomic E-state index is 12.3. The minimum Gasteiger partial charge on any atom is -0.480 e. The van der Waals surface area contributed by atoms with Crippen LogP contribution in [0.1, 0.15) is 30.3 Å². The predicted octanol–water partition coefficient (Wildman–Crippen LogP) is 1.30. The van der Waals surface area contributed by atoms with Crippen molar-refractivity contribution in [2.75, 3.05) is 13.1 Å². The quantitative estimate of drug-likeness (QED) is 0.830. The predicted molar refractivity (Wildman–Crippen MR) is 88.7 cm³/mol. The topological polar surface area (TPSA) is 95.4 Å². The third-order valence-electron chi connectivity index (χ3n) is 4.41. The molecule has 1 aliphatic rings. The molecule has 2 aromatic rings. The second kappa shape index (κ2) is 6.92. The van der Waals surface area contributed by atoms with Crippen molar-refractivity contribution in [3.8, 4) is 0 Å². The maximum Gasteiger partial charge on any atom is 0.317 e. The Morgan fingerprint density at radius 1 is 1.33 bits per heavy atom. The van der Waals surface area contributed by atoms with E-state index in [4.69, 9.17) is 5.11 Å². The third-order valence-corrected chi connectivity index (χ3v) is 4.41. The summed E-state index contributed by atoms with van der Waals surface area (Å²) < 4.78 is 0. The molecule has 0 atom stereocenters. The molecule has 7 nitrogen and oxygen atoms in total. The number of pyridine rings is 2. The number of amides is 1. The van der Waals surface area contributed by atoms with E-state index in [9.17, 15) is 9.59 Å². The van der Waals surface area contributed by atoms with Crippen LogP contribution in [0.5, 0.6) is 0 Å². The Bertz CT molecular complexity index is 758. The Kier molecular flexibility index (Phi) is 4.71. The smallest absolute Gasteiger partial charge is 0.317 e. The summed E-state index contributed by atoms with van der Waals surface area (Å²) in [6.07, 6.45) is 3.17. The third kappa shape index (κ3) is 3.51. The van der Waals surface area contributed by atoms with E-state index in [0.29, 0.717) is 17.9 Å². The summed E-state index contributed by atoms with van der Waals surface area (Å²) in [5.74, 6) is -1.04. The van der Waals surface area contributed by atoms with E-state index in [2.05, 4.69) is 15.3 Å². The van der Waals surface area contributed by atoms with Gasteiger partial charge >= 0.3 is 5.97 Å². The zero-order chi connectivity index (χ0) is 17.1. The first-order chi connectivity index (χ1) is 11.6. The van der Waals surface area contributed by atoms with Crippen LogP contribution in [0.25, 0.3) is 11.0 Å². The first-order valence-electron chi connectivity index (χ1n) is 8.05. The van der Waals surface area contributed by atoms with Gasteiger partial charge in [-0.15, -0.1) is 0 Å². The zero-order valence-corrected chi connectivity index (χ0v) is 13.5. The Hall–Kier alpha value is -2.54. The molecule has 0 saturated heterocycles. The lowest BCUT2D eigenvalue weighted by molar-refractivity contribution is -0.139. The van der Waals surface area contributed by atoms with Crippen molar-refractivity contribution < 1.29 is 14.7 Å². The largest absolute Gasteiger partial charge is 0.480 e. The minimum atomic E-state index is -0.822. The van der Waals surface area contributed by atoms with E-state index in [1.165, 1.54) is 0 Å². The average Bonchev–Trinajstić information content (AvgIpc) is 2.55. The van der Waals surface area contributed by atoms with Crippen LogP contribution in [0.4, 0.5) is 0 Å². The van der Waals surface area contributed by atoms with Gasteiger partial charge in [-0.05, 0) is 43.7 Å². The molecule has 24 heavy (non-hydrogen) atoms. The average molecular weight is 328 g/mol. The Balaban J connectivity index is 1.57. The summed E-state index contributed by atoms with van der Waals surface area (Å²) in [5.41, 5.74) is 0.901. The zero-order valence-electron chi connectivity index (χ0n) is 13.5. The standard InChI is InChI=1S/C17H20N4O3/c1-2-21(10-15(22)23)13-8-12(9-13)19-17(24)14-6-5-11-4-3-7-18-16(11)20-14/h3-7,12-13H,2,8-10H2,1H3,(H,19,24)(H,22,23). The highest BCUT2D eigenvalue weighted by atomic mass is 16.4. The molecule has 1 fully saturated rings. The van der Waals surface area contributed by atoms with E-state index < -0.39 is 5.97 Å². The number of likely N-dealkylation sites (N-methyl/N-ethyl adjacent to an activating group) is 1. The van der Waals surface area contributed by atoms with Gasteiger partial charge in [0.1, 0.15) is 5.69 Å². The minimum absolute atomic E-state index is 0.0414. The van der Waals surface area contributed by atoms with E-state index in [0.717, 1.165) is 18.2 Å². The summed E-state index contributed by atoms with van der Waals surface area (Å²) in [7, 11) is 0. The van der Waals surface area contributed by atoms with Gasteiger partial charge in [0.15, 0.2) is 5.65 Å².